The largest absolute Gasteiger partial charge is 0.465 e. The zero-order valence-electron chi connectivity index (χ0n) is 15.9. The number of hydrogen-bond donors (Lipinski definition) is 0. The van der Waals surface area contributed by atoms with Crippen LogP contribution in [0.5, 0.6) is 0 Å². The number of methoxy groups -OCH3 is 1. The zero-order chi connectivity index (χ0) is 19.1. The first-order chi connectivity index (χ1) is 13.0. The lowest BCUT2D eigenvalue weighted by Crippen LogP contribution is -2.29. The van der Waals surface area contributed by atoms with Gasteiger partial charge in [-0.2, -0.15) is 0 Å². The average molecular weight is 372 g/mol. The second-order valence-electron chi connectivity index (χ2n) is 8.47. The molecule has 2 saturated carbocycles. The highest BCUT2D eigenvalue weighted by molar-refractivity contribution is 5.96. The summed E-state index contributed by atoms with van der Waals surface area (Å²) in [6.07, 6.45) is 7.54. The molecule has 144 valence electrons. The molecule has 0 saturated heterocycles. The summed E-state index contributed by atoms with van der Waals surface area (Å²) in [5, 5.41) is 0.773. The Balaban J connectivity index is 1.63. The summed E-state index contributed by atoms with van der Waals surface area (Å²) in [5.74, 6) is 0.242. The van der Waals surface area contributed by atoms with E-state index in [1.54, 1.807) is 6.07 Å². The van der Waals surface area contributed by atoms with Crippen LogP contribution in [0.25, 0.3) is 10.8 Å². The lowest BCUT2D eigenvalue weighted by molar-refractivity contribution is 0.0590. The smallest absolute Gasteiger partial charge is 0.343 e. The standard InChI is InChI=1S/C23H26F2O2/c1-13-3-4-15-10-16(6-5-14(15)9-13)17-7-8-19-18(11-17)12-20(24)21(22(19)25)23(26)27-2/h7-8,11-16H,3-6,9-10H2,1-2H3/t13?,14-,15+,16?/m0/s1. The predicted molar refractivity (Wildman–Crippen MR) is 102 cm³/mol. The van der Waals surface area contributed by atoms with E-state index in [0.29, 0.717) is 11.3 Å². The zero-order valence-corrected chi connectivity index (χ0v) is 15.9. The Morgan fingerprint density at radius 3 is 2.56 bits per heavy atom. The van der Waals surface area contributed by atoms with Gasteiger partial charge in [-0.15, -0.1) is 0 Å². The lowest BCUT2D eigenvalue weighted by Gasteiger charge is -2.41. The van der Waals surface area contributed by atoms with Gasteiger partial charge in [-0.05, 0) is 72.8 Å². The Morgan fingerprint density at radius 2 is 1.78 bits per heavy atom. The Hall–Kier alpha value is -1.97. The molecular formula is C23H26F2O2. The molecule has 2 aromatic rings. The van der Waals surface area contributed by atoms with Crippen LogP contribution in [-0.4, -0.2) is 13.1 Å². The third kappa shape index (κ3) is 3.35. The highest BCUT2D eigenvalue weighted by Crippen LogP contribution is 2.47. The molecule has 0 radical (unpaired) electrons. The van der Waals surface area contributed by atoms with E-state index >= 15 is 0 Å². The summed E-state index contributed by atoms with van der Waals surface area (Å²) in [6, 6.07) is 6.78. The van der Waals surface area contributed by atoms with E-state index in [1.165, 1.54) is 38.2 Å². The first-order valence-electron chi connectivity index (χ1n) is 9.98. The second kappa shape index (κ2) is 7.21. The van der Waals surface area contributed by atoms with Crippen molar-refractivity contribution in [3.8, 4) is 0 Å². The van der Waals surface area contributed by atoms with Crippen molar-refractivity contribution >= 4 is 16.7 Å². The second-order valence-corrected chi connectivity index (χ2v) is 8.47. The molecule has 0 bridgehead atoms. The maximum absolute atomic E-state index is 14.7. The van der Waals surface area contributed by atoms with Gasteiger partial charge in [0.25, 0.3) is 0 Å². The van der Waals surface area contributed by atoms with Crippen molar-refractivity contribution in [3.63, 3.8) is 0 Å². The number of carbonyl (C=O) groups excluding carboxylic acids is 1. The molecule has 0 spiro atoms. The van der Waals surface area contributed by atoms with E-state index in [1.807, 2.05) is 12.1 Å². The summed E-state index contributed by atoms with van der Waals surface area (Å²) < 4.78 is 33.5. The van der Waals surface area contributed by atoms with Crippen molar-refractivity contribution in [3.05, 3.63) is 47.0 Å². The van der Waals surface area contributed by atoms with Gasteiger partial charge in [0.15, 0.2) is 0 Å². The van der Waals surface area contributed by atoms with Crippen molar-refractivity contribution in [2.75, 3.05) is 7.11 Å². The van der Waals surface area contributed by atoms with Gasteiger partial charge in [0.2, 0.25) is 0 Å². The molecule has 4 heteroatoms. The van der Waals surface area contributed by atoms with E-state index in [-0.39, 0.29) is 5.39 Å². The number of halogens is 2. The van der Waals surface area contributed by atoms with Crippen LogP contribution in [0.4, 0.5) is 8.78 Å². The minimum atomic E-state index is -0.985. The molecule has 2 aromatic carbocycles. The van der Waals surface area contributed by atoms with Crippen LogP contribution in [0.15, 0.2) is 24.3 Å². The van der Waals surface area contributed by atoms with E-state index in [0.717, 1.165) is 36.8 Å². The Bertz CT molecular complexity index is 876. The van der Waals surface area contributed by atoms with Gasteiger partial charge in [0.1, 0.15) is 17.2 Å². The van der Waals surface area contributed by atoms with Gasteiger partial charge in [-0.25, -0.2) is 13.6 Å². The highest BCUT2D eigenvalue weighted by atomic mass is 19.1. The number of rotatable bonds is 2. The molecule has 4 rings (SSSR count). The summed E-state index contributed by atoms with van der Waals surface area (Å²) in [6.45, 7) is 2.36. The van der Waals surface area contributed by atoms with Gasteiger partial charge < -0.3 is 4.74 Å². The predicted octanol–water partition coefficient (Wildman–Crippen LogP) is 6.22. The van der Waals surface area contributed by atoms with Crippen LogP contribution in [0, 0.1) is 29.4 Å². The highest BCUT2D eigenvalue weighted by Gasteiger charge is 2.35. The van der Waals surface area contributed by atoms with Crippen molar-refractivity contribution in [2.24, 2.45) is 17.8 Å². The van der Waals surface area contributed by atoms with E-state index in [4.69, 9.17) is 0 Å². The molecule has 0 aromatic heterocycles. The molecule has 2 unspecified atom stereocenters. The van der Waals surface area contributed by atoms with Crippen molar-refractivity contribution in [2.45, 2.75) is 51.4 Å². The summed E-state index contributed by atoms with van der Waals surface area (Å²) >= 11 is 0. The molecule has 2 nitrogen and oxygen atoms in total. The van der Waals surface area contributed by atoms with Gasteiger partial charge in [-0.1, -0.05) is 31.5 Å². The maximum atomic E-state index is 14.7. The van der Waals surface area contributed by atoms with Crippen LogP contribution in [-0.2, 0) is 4.74 Å². The molecular weight excluding hydrogens is 346 g/mol. The van der Waals surface area contributed by atoms with E-state index < -0.39 is 23.2 Å². The Morgan fingerprint density at radius 1 is 1.04 bits per heavy atom. The monoisotopic (exact) mass is 372 g/mol. The number of ether oxygens (including phenoxy) is 1. The van der Waals surface area contributed by atoms with Gasteiger partial charge >= 0.3 is 5.97 Å². The first kappa shape index (κ1) is 18.4. The average Bonchev–Trinajstić information content (AvgIpc) is 2.66. The molecule has 0 aliphatic heterocycles. The quantitative estimate of drug-likeness (QED) is 0.585. The topological polar surface area (TPSA) is 26.3 Å². The normalized spacial score (nSPS) is 28.0. The van der Waals surface area contributed by atoms with Crippen LogP contribution < -0.4 is 0 Å². The number of hydrogen-bond acceptors (Lipinski definition) is 2. The first-order valence-corrected chi connectivity index (χ1v) is 9.98. The number of fused-ring (bicyclic) bond motifs is 2. The molecule has 0 amide bonds. The fraction of sp³-hybridized carbons (Fsp3) is 0.522. The molecule has 0 N–H and O–H groups in total. The molecule has 2 aliphatic carbocycles. The minimum absolute atomic E-state index is 0.265. The Labute approximate surface area is 158 Å². The van der Waals surface area contributed by atoms with Crippen LogP contribution in [0.2, 0.25) is 0 Å². The summed E-state index contributed by atoms with van der Waals surface area (Å²) in [4.78, 5) is 11.7. The van der Waals surface area contributed by atoms with Gasteiger partial charge in [-0.3, -0.25) is 0 Å². The third-order valence-corrected chi connectivity index (χ3v) is 6.79. The van der Waals surface area contributed by atoms with Crippen LogP contribution in [0.3, 0.4) is 0 Å². The minimum Gasteiger partial charge on any atom is -0.465 e. The molecule has 4 atom stereocenters. The van der Waals surface area contributed by atoms with Gasteiger partial charge in [0.05, 0.1) is 7.11 Å². The van der Waals surface area contributed by atoms with Crippen molar-refractivity contribution < 1.29 is 18.3 Å². The number of carbonyl (C=O) groups is 1. The SMILES string of the molecule is COC(=O)c1c(F)cc2cc(C3CC[C@H]4CC(C)CC[C@@H]4C3)ccc2c1F. The molecule has 27 heavy (non-hydrogen) atoms. The number of esters is 1. The third-order valence-electron chi connectivity index (χ3n) is 6.79. The Kier molecular flexibility index (Phi) is 4.92. The van der Waals surface area contributed by atoms with E-state index in [2.05, 4.69) is 11.7 Å². The lowest BCUT2D eigenvalue weighted by atomic mass is 9.64. The molecule has 2 aliphatic rings. The fourth-order valence-corrected chi connectivity index (χ4v) is 5.32. The molecule has 2 fully saturated rings. The maximum Gasteiger partial charge on any atom is 0.343 e. The fourth-order valence-electron chi connectivity index (χ4n) is 5.32. The van der Waals surface area contributed by atoms with Crippen molar-refractivity contribution in [1.29, 1.82) is 0 Å². The van der Waals surface area contributed by atoms with E-state index in [9.17, 15) is 13.6 Å². The summed E-state index contributed by atoms with van der Waals surface area (Å²) in [7, 11) is 1.12. The molecule has 0 heterocycles. The van der Waals surface area contributed by atoms with Crippen molar-refractivity contribution in [1.82, 2.24) is 0 Å². The van der Waals surface area contributed by atoms with Crippen LogP contribution >= 0.6 is 0 Å². The summed E-state index contributed by atoms with van der Waals surface area (Å²) in [5.41, 5.74) is 0.541. The van der Waals surface area contributed by atoms with Crippen LogP contribution in [0.1, 0.15) is 67.3 Å². The number of benzene rings is 2. The van der Waals surface area contributed by atoms with Gasteiger partial charge in [0, 0.05) is 5.39 Å².